The lowest BCUT2D eigenvalue weighted by atomic mass is 9.66. The lowest BCUT2D eigenvalue weighted by Crippen LogP contribution is -2.37. The molecule has 1 aliphatic rings. The Balaban J connectivity index is 2.37. The van der Waals surface area contributed by atoms with E-state index in [2.05, 4.69) is 35.9 Å². The number of benzene rings is 1. The fourth-order valence-corrected chi connectivity index (χ4v) is 3.62. The van der Waals surface area contributed by atoms with E-state index >= 15 is 0 Å². The van der Waals surface area contributed by atoms with E-state index in [0.29, 0.717) is 12.0 Å². The zero-order valence-corrected chi connectivity index (χ0v) is 14.4. The minimum Gasteiger partial charge on any atom is -0.508 e. The largest absolute Gasteiger partial charge is 0.508 e. The van der Waals surface area contributed by atoms with Gasteiger partial charge in [-0.25, -0.2) is 0 Å². The summed E-state index contributed by atoms with van der Waals surface area (Å²) in [7, 11) is 0. The standard InChI is InChI=1S/C17H20BrF3O/c1-10-4-7-15(18)16(2,3)13(10)9-11-8-12(17(19,20)21)5-6-14(11)22/h4-6,8,13,15,22H,7,9H2,1-3H3/t13-,15+/m0/s1. The average molecular weight is 377 g/mol. The van der Waals surface area contributed by atoms with Gasteiger partial charge in [-0.15, -0.1) is 0 Å². The van der Waals surface area contributed by atoms with E-state index in [-0.39, 0.29) is 21.9 Å². The van der Waals surface area contributed by atoms with Gasteiger partial charge in [0.1, 0.15) is 5.75 Å². The molecule has 1 aliphatic carbocycles. The fourth-order valence-electron chi connectivity index (χ4n) is 3.11. The van der Waals surface area contributed by atoms with Crippen LogP contribution in [0.4, 0.5) is 13.2 Å². The van der Waals surface area contributed by atoms with Gasteiger partial charge in [-0.1, -0.05) is 41.4 Å². The second kappa shape index (κ2) is 5.91. The molecule has 0 spiro atoms. The molecular formula is C17H20BrF3O. The Morgan fingerprint density at radius 3 is 2.55 bits per heavy atom. The molecule has 1 aromatic rings. The summed E-state index contributed by atoms with van der Waals surface area (Å²) in [4.78, 5) is 0.265. The molecule has 0 aromatic heterocycles. The Labute approximate surface area is 137 Å². The van der Waals surface area contributed by atoms with E-state index in [1.165, 1.54) is 0 Å². The van der Waals surface area contributed by atoms with Crippen LogP contribution in [-0.2, 0) is 12.6 Å². The van der Waals surface area contributed by atoms with E-state index in [9.17, 15) is 18.3 Å². The normalized spacial score (nSPS) is 25.0. The van der Waals surface area contributed by atoms with Gasteiger partial charge in [-0.3, -0.25) is 0 Å². The van der Waals surface area contributed by atoms with Crippen LogP contribution < -0.4 is 0 Å². The molecule has 5 heteroatoms. The SMILES string of the molecule is CC1=CC[C@@H](Br)C(C)(C)[C@H]1Cc1cc(C(F)(F)F)ccc1O. The second-order valence-corrected chi connectivity index (χ2v) is 7.68. The molecule has 22 heavy (non-hydrogen) atoms. The number of rotatable bonds is 2. The van der Waals surface area contributed by atoms with Gasteiger partial charge >= 0.3 is 6.18 Å². The average Bonchev–Trinajstić information content (AvgIpc) is 2.40. The van der Waals surface area contributed by atoms with Crippen molar-refractivity contribution >= 4 is 15.9 Å². The van der Waals surface area contributed by atoms with Crippen LogP contribution >= 0.6 is 15.9 Å². The van der Waals surface area contributed by atoms with Gasteiger partial charge < -0.3 is 5.11 Å². The van der Waals surface area contributed by atoms with Gasteiger partial charge in [0.25, 0.3) is 0 Å². The van der Waals surface area contributed by atoms with Crippen molar-refractivity contribution in [1.82, 2.24) is 0 Å². The maximum atomic E-state index is 12.9. The number of hydrogen-bond donors (Lipinski definition) is 1. The van der Waals surface area contributed by atoms with Crippen molar-refractivity contribution < 1.29 is 18.3 Å². The number of halogens is 4. The number of aromatic hydroxyl groups is 1. The first kappa shape index (κ1) is 17.4. The van der Waals surface area contributed by atoms with Crippen molar-refractivity contribution in [1.29, 1.82) is 0 Å². The molecule has 0 bridgehead atoms. The summed E-state index contributed by atoms with van der Waals surface area (Å²) in [6, 6.07) is 3.12. The predicted octanol–water partition coefficient (Wildman–Crippen LogP) is 5.71. The van der Waals surface area contributed by atoms with Crippen LogP contribution in [0.1, 0.15) is 38.3 Å². The number of alkyl halides is 4. The zero-order valence-electron chi connectivity index (χ0n) is 12.8. The van der Waals surface area contributed by atoms with Crippen molar-refractivity contribution in [2.75, 3.05) is 0 Å². The first-order chi connectivity index (χ1) is 10.0. The van der Waals surface area contributed by atoms with E-state index in [1.807, 2.05) is 6.92 Å². The van der Waals surface area contributed by atoms with Crippen molar-refractivity contribution in [3.63, 3.8) is 0 Å². The number of hydrogen-bond acceptors (Lipinski definition) is 1. The maximum Gasteiger partial charge on any atom is 0.416 e. The van der Waals surface area contributed by atoms with Gasteiger partial charge in [0, 0.05) is 4.83 Å². The maximum absolute atomic E-state index is 12.9. The molecule has 0 amide bonds. The first-order valence-corrected chi connectivity index (χ1v) is 8.15. The zero-order chi connectivity index (χ0) is 16.7. The van der Waals surface area contributed by atoms with Gasteiger partial charge in [-0.05, 0) is 54.9 Å². The minimum absolute atomic E-state index is 0.0757. The van der Waals surface area contributed by atoms with E-state index in [1.54, 1.807) is 0 Å². The number of allylic oxidation sites excluding steroid dienone is 2. The summed E-state index contributed by atoms with van der Waals surface area (Å²) in [6.07, 6.45) is -0.968. The lowest BCUT2D eigenvalue weighted by Gasteiger charge is -2.42. The van der Waals surface area contributed by atoms with E-state index < -0.39 is 11.7 Å². The van der Waals surface area contributed by atoms with Crippen LogP contribution in [0.25, 0.3) is 0 Å². The molecule has 0 radical (unpaired) electrons. The molecule has 0 heterocycles. The summed E-state index contributed by atoms with van der Waals surface area (Å²) in [5.74, 6) is 0.00769. The van der Waals surface area contributed by atoms with Gasteiger partial charge in [-0.2, -0.15) is 13.2 Å². The van der Waals surface area contributed by atoms with Crippen molar-refractivity contribution in [3.8, 4) is 5.75 Å². The molecule has 1 nitrogen and oxygen atoms in total. The van der Waals surface area contributed by atoms with Crippen molar-refractivity contribution in [3.05, 3.63) is 41.0 Å². The predicted molar refractivity (Wildman–Crippen MR) is 85.2 cm³/mol. The van der Waals surface area contributed by atoms with Crippen LogP contribution in [0.2, 0.25) is 0 Å². The molecule has 0 fully saturated rings. The number of phenols is 1. The summed E-state index contributed by atoms with van der Waals surface area (Å²) < 4.78 is 38.6. The van der Waals surface area contributed by atoms with Crippen LogP contribution in [-0.4, -0.2) is 9.93 Å². The Hall–Kier alpha value is -0.970. The highest BCUT2D eigenvalue weighted by atomic mass is 79.9. The van der Waals surface area contributed by atoms with Crippen molar-refractivity contribution in [2.45, 2.75) is 44.6 Å². The Kier molecular flexibility index (Phi) is 4.67. The van der Waals surface area contributed by atoms with Crippen LogP contribution in [0.15, 0.2) is 29.8 Å². The van der Waals surface area contributed by atoms with Crippen LogP contribution in [0.5, 0.6) is 5.75 Å². The third kappa shape index (κ3) is 3.34. The molecule has 0 unspecified atom stereocenters. The molecule has 0 aliphatic heterocycles. The Bertz CT molecular complexity index is 590. The quantitative estimate of drug-likeness (QED) is 0.517. The summed E-state index contributed by atoms with van der Waals surface area (Å²) >= 11 is 3.67. The highest BCUT2D eigenvalue weighted by Gasteiger charge is 2.40. The third-order valence-electron chi connectivity index (χ3n) is 4.73. The van der Waals surface area contributed by atoms with Crippen LogP contribution in [0.3, 0.4) is 0 Å². The molecule has 0 saturated heterocycles. The van der Waals surface area contributed by atoms with E-state index in [4.69, 9.17) is 0 Å². The molecule has 1 aromatic carbocycles. The van der Waals surface area contributed by atoms with Gasteiger partial charge in [0.05, 0.1) is 5.56 Å². The van der Waals surface area contributed by atoms with E-state index in [0.717, 1.165) is 30.2 Å². The minimum atomic E-state index is -4.40. The molecule has 2 rings (SSSR count). The molecule has 0 saturated carbocycles. The van der Waals surface area contributed by atoms with Crippen molar-refractivity contribution in [2.24, 2.45) is 11.3 Å². The fraction of sp³-hybridized carbons (Fsp3) is 0.529. The number of phenolic OH excluding ortho intramolecular Hbond substituents is 1. The third-order valence-corrected chi connectivity index (χ3v) is 6.29. The monoisotopic (exact) mass is 376 g/mol. The Morgan fingerprint density at radius 1 is 1.32 bits per heavy atom. The summed E-state index contributed by atoms with van der Waals surface area (Å²) in [5, 5.41) is 9.96. The lowest BCUT2D eigenvalue weighted by molar-refractivity contribution is -0.137. The topological polar surface area (TPSA) is 20.2 Å². The Morgan fingerprint density at radius 2 is 1.95 bits per heavy atom. The highest BCUT2D eigenvalue weighted by molar-refractivity contribution is 9.09. The van der Waals surface area contributed by atoms with Gasteiger partial charge in [0.2, 0.25) is 0 Å². The molecule has 1 N–H and O–H groups in total. The highest BCUT2D eigenvalue weighted by Crippen LogP contribution is 2.47. The summed E-state index contributed by atoms with van der Waals surface area (Å²) in [6.45, 7) is 6.23. The second-order valence-electron chi connectivity index (χ2n) is 6.57. The van der Waals surface area contributed by atoms with Gasteiger partial charge in [0.15, 0.2) is 0 Å². The molecule has 2 atom stereocenters. The molecular weight excluding hydrogens is 357 g/mol. The summed E-state index contributed by atoms with van der Waals surface area (Å²) in [5.41, 5.74) is 0.699. The smallest absolute Gasteiger partial charge is 0.416 e. The molecule has 122 valence electrons. The van der Waals surface area contributed by atoms with Crippen LogP contribution in [0, 0.1) is 11.3 Å². The first-order valence-electron chi connectivity index (χ1n) is 7.23.